The molecule has 3 aromatic heterocycles. The largest absolute Gasteiger partial charge is 0.343 e. The molecule has 9 heteroatoms. The average Bonchev–Trinajstić information content (AvgIpc) is 3.12. The Bertz CT molecular complexity index is 781. The number of pyridine rings is 1. The fourth-order valence-corrected chi connectivity index (χ4v) is 1.83. The molecule has 2 N–H and O–H groups in total. The number of halogens is 2. The smallest absolute Gasteiger partial charge is 0.279 e. The quantitative estimate of drug-likeness (QED) is 0.759. The Morgan fingerprint density at radius 2 is 2.24 bits per heavy atom. The first-order valence-electron chi connectivity index (χ1n) is 6.05. The van der Waals surface area contributed by atoms with E-state index < -0.39 is 18.0 Å². The lowest BCUT2D eigenvalue weighted by Gasteiger charge is -2.01. The minimum atomic E-state index is -2.69. The predicted octanol–water partition coefficient (Wildman–Crippen LogP) is 1.32. The number of aromatic nitrogens is 5. The third-order valence-corrected chi connectivity index (χ3v) is 2.86. The number of alkyl halides is 2. The summed E-state index contributed by atoms with van der Waals surface area (Å²) in [6.45, 7) is 0.112. The van der Waals surface area contributed by atoms with Crippen molar-refractivity contribution in [2.45, 2.75) is 13.0 Å². The number of rotatable bonds is 4. The Kier molecular flexibility index (Phi) is 3.30. The fourth-order valence-electron chi connectivity index (χ4n) is 1.83. The van der Waals surface area contributed by atoms with E-state index in [0.717, 1.165) is 6.07 Å². The molecule has 3 heterocycles. The normalized spacial score (nSPS) is 11.2. The Morgan fingerprint density at radius 1 is 1.38 bits per heavy atom. The molecule has 0 bridgehead atoms. The molecule has 1 amide bonds. The summed E-state index contributed by atoms with van der Waals surface area (Å²) in [5.41, 5.74) is 0.161. The number of hydrogen-bond acceptors (Lipinski definition) is 4. The lowest BCUT2D eigenvalue weighted by atomic mass is 10.3. The van der Waals surface area contributed by atoms with Crippen LogP contribution in [0.15, 0.2) is 30.5 Å². The average molecular weight is 292 g/mol. The molecule has 0 aromatic carbocycles. The molecule has 0 spiro atoms. The van der Waals surface area contributed by atoms with Gasteiger partial charge in [-0.3, -0.25) is 14.3 Å². The number of carbonyl (C=O) groups is 1. The molecule has 0 saturated heterocycles. The molecule has 0 aliphatic heterocycles. The minimum Gasteiger partial charge on any atom is -0.343 e. The van der Waals surface area contributed by atoms with E-state index in [0.29, 0.717) is 11.5 Å². The lowest BCUT2D eigenvalue weighted by Crippen LogP contribution is -2.24. The second kappa shape index (κ2) is 5.27. The van der Waals surface area contributed by atoms with Crippen LogP contribution < -0.4 is 5.32 Å². The molecule has 0 aliphatic rings. The molecule has 3 rings (SSSR count). The number of nitrogens with zero attached hydrogens (tertiary/aromatic N) is 4. The molecular formula is C12H10F2N6O. The first-order valence-corrected chi connectivity index (χ1v) is 6.05. The minimum absolute atomic E-state index is 0.0980. The first-order chi connectivity index (χ1) is 10.1. The second-order valence-electron chi connectivity index (χ2n) is 4.24. The van der Waals surface area contributed by atoms with Crippen molar-refractivity contribution in [1.29, 1.82) is 0 Å². The highest BCUT2D eigenvalue weighted by Crippen LogP contribution is 2.16. The zero-order valence-electron chi connectivity index (χ0n) is 10.6. The highest BCUT2D eigenvalue weighted by Gasteiger charge is 2.16. The van der Waals surface area contributed by atoms with Gasteiger partial charge in [0, 0.05) is 6.20 Å². The third-order valence-electron chi connectivity index (χ3n) is 2.86. The molecule has 0 unspecified atom stereocenters. The Morgan fingerprint density at radius 3 is 3.00 bits per heavy atom. The Balaban J connectivity index is 1.70. The van der Waals surface area contributed by atoms with Gasteiger partial charge in [0.05, 0.1) is 6.54 Å². The number of hydrogen-bond donors (Lipinski definition) is 2. The number of aromatic amines is 1. The molecule has 0 radical (unpaired) electrons. The number of amides is 1. The van der Waals surface area contributed by atoms with Crippen molar-refractivity contribution >= 4 is 11.6 Å². The molecule has 0 aliphatic carbocycles. The van der Waals surface area contributed by atoms with Gasteiger partial charge in [-0.25, -0.2) is 8.78 Å². The van der Waals surface area contributed by atoms with Crippen molar-refractivity contribution < 1.29 is 13.6 Å². The van der Waals surface area contributed by atoms with Crippen LogP contribution in [0.2, 0.25) is 0 Å². The van der Waals surface area contributed by atoms with Crippen LogP contribution in [-0.2, 0) is 6.54 Å². The van der Waals surface area contributed by atoms with Gasteiger partial charge < -0.3 is 5.32 Å². The first kappa shape index (κ1) is 13.2. The number of fused-ring (bicyclic) bond motifs is 1. The van der Waals surface area contributed by atoms with Crippen LogP contribution in [0.5, 0.6) is 0 Å². The Labute approximate surface area is 117 Å². The molecule has 21 heavy (non-hydrogen) atoms. The van der Waals surface area contributed by atoms with Gasteiger partial charge >= 0.3 is 0 Å². The number of nitrogens with one attached hydrogen (secondary N) is 2. The monoisotopic (exact) mass is 292 g/mol. The van der Waals surface area contributed by atoms with E-state index in [1.165, 1.54) is 0 Å². The summed E-state index contributed by atoms with van der Waals surface area (Å²) in [6.07, 6.45) is -0.931. The van der Waals surface area contributed by atoms with Crippen LogP contribution in [0.3, 0.4) is 0 Å². The van der Waals surface area contributed by atoms with E-state index in [2.05, 4.69) is 25.7 Å². The second-order valence-corrected chi connectivity index (χ2v) is 4.24. The van der Waals surface area contributed by atoms with Gasteiger partial charge in [0.15, 0.2) is 11.5 Å². The van der Waals surface area contributed by atoms with Gasteiger partial charge in [-0.05, 0) is 18.2 Å². The molecular weight excluding hydrogens is 282 g/mol. The Hall–Kier alpha value is -2.84. The zero-order valence-corrected chi connectivity index (χ0v) is 10.6. The molecule has 7 nitrogen and oxygen atoms in total. The van der Waals surface area contributed by atoms with Crippen LogP contribution in [0.4, 0.5) is 8.78 Å². The van der Waals surface area contributed by atoms with Gasteiger partial charge in [0.2, 0.25) is 0 Å². The molecule has 108 valence electrons. The van der Waals surface area contributed by atoms with E-state index in [1.54, 1.807) is 16.7 Å². The SMILES string of the molecule is O=C(NCc1nnc2ccccn12)c1cc(C(F)F)[nH]n1. The van der Waals surface area contributed by atoms with Crippen molar-refractivity contribution in [1.82, 2.24) is 30.1 Å². The zero-order chi connectivity index (χ0) is 14.8. The van der Waals surface area contributed by atoms with Gasteiger partial charge in [-0.15, -0.1) is 10.2 Å². The molecule has 0 fully saturated rings. The third kappa shape index (κ3) is 2.57. The lowest BCUT2D eigenvalue weighted by molar-refractivity contribution is 0.0944. The van der Waals surface area contributed by atoms with Gasteiger partial charge in [-0.1, -0.05) is 6.07 Å². The van der Waals surface area contributed by atoms with E-state index in [9.17, 15) is 13.6 Å². The molecule has 3 aromatic rings. The van der Waals surface area contributed by atoms with Crippen molar-refractivity contribution in [2.75, 3.05) is 0 Å². The summed E-state index contributed by atoms with van der Waals surface area (Å²) in [4.78, 5) is 11.8. The summed E-state index contributed by atoms with van der Waals surface area (Å²) in [7, 11) is 0. The van der Waals surface area contributed by atoms with Crippen LogP contribution in [0.1, 0.15) is 28.4 Å². The van der Waals surface area contributed by atoms with E-state index in [-0.39, 0.29) is 12.2 Å². The van der Waals surface area contributed by atoms with Crippen molar-refractivity contribution in [3.63, 3.8) is 0 Å². The van der Waals surface area contributed by atoms with Crippen LogP contribution in [0, 0.1) is 0 Å². The maximum absolute atomic E-state index is 12.4. The van der Waals surface area contributed by atoms with Gasteiger partial charge in [0.25, 0.3) is 12.3 Å². The topological polar surface area (TPSA) is 88.0 Å². The maximum Gasteiger partial charge on any atom is 0.279 e. The highest BCUT2D eigenvalue weighted by molar-refractivity contribution is 5.92. The summed E-state index contributed by atoms with van der Waals surface area (Å²) in [5, 5.41) is 16.1. The summed E-state index contributed by atoms with van der Waals surface area (Å²) < 4.78 is 26.5. The van der Waals surface area contributed by atoms with Crippen LogP contribution in [0.25, 0.3) is 5.65 Å². The highest BCUT2D eigenvalue weighted by atomic mass is 19.3. The predicted molar refractivity (Wildman–Crippen MR) is 67.7 cm³/mol. The van der Waals surface area contributed by atoms with Crippen LogP contribution in [-0.4, -0.2) is 30.7 Å². The standard InChI is InChI=1S/C12H10F2N6O/c13-11(14)7-5-8(17-16-7)12(21)15-6-10-19-18-9-3-1-2-4-20(9)10/h1-5,11H,6H2,(H,15,21)(H,16,17). The number of carbonyl (C=O) groups excluding carboxylic acids is 1. The number of H-pyrrole nitrogens is 1. The summed E-state index contributed by atoms with van der Waals surface area (Å²) >= 11 is 0. The van der Waals surface area contributed by atoms with E-state index >= 15 is 0 Å². The maximum atomic E-state index is 12.4. The van der Waals surface area contributed by atoms with Crippen molar-refractivity contribution in [2.24, 2.45) is 0 Å². The fraction of sp³-hybridized carbons (Fsp3) is 0.167. The van der Waals surface area contributed by atoms with Gasteiger partial charge in [0.1, 0.15) is 11.4 Å². The van der Waals surface area contributed by atoms with Crippen LogP contribution >= 0.6 is 0 Å². The summed E-state index contributed by atoms with van der Waals surface area (Å²) in [6, 6.07) is 6.43. The van der Waals surface area contributed by atoms with Gasteiger partial charge in [-0.2, -0.15) is 5.10 Å². The molecule has 0 saturated carbocycles. The van der Waals surface area contributed by atoms with E-state index in [1.807, 2.05) is 12.1 Å². The summed E-state index contributed by atoms with van der Waals surface area (Å²) in [5.74, 6) is -0.0330. The van der Waals surface area contributed by atoms with E-state index in [4.69, 9.17) is 0 Å². The molecule has 0 atom stereocenters. The van der Waals surface area contributed by atoms with Crippen molar-refractivity contribution in [3.8, 4) is 0 Å². The van der Waals surface area contributed by atoms with Crippen molar-refractivity contribution in [3.05, 3.63) is 47.7 Å².